The molecule has 0 saturated carbocycles. The summed E-state index contributed by atoms with van der Waals surface area (Å²) < 4.78 is 27.2. The van der Waals surface area contributed by atoms with Crippen LogP contribution in [0.1, 0.15) is 25.0 Å². The number of nitrogens with zero attached hydrogens (tertiary/aromatic N) is 2. The second kappa shape index (κ2) is 9.83. The molecule has 2 aromatic rings. The molecule has 0 aliphatic carbocycles. The number of aryl methyl sites for hydroxylation is 2. The zero-order valence-corrected chi connectivity index (χ0v) is 18.9. The van der Waals surface area contributed by atoms with Crippen molar-refractivity contribution in [3.8, 4) is 0 Å². The van der Waals surface area contributed by atoms with Crippen LogP contribution in [-0.2, 0) is 10.0 Å². The van der Waals surface area contributed by atoms with E-state index in [9.17, 15) is 18.5 Å². The molecule has 0 unspecified atom stereocenters. The Labute approximate surface area is 181 Å². The first-order chi connectivity index (χ1) is 14.1. The van der Waals surface area contributed by atoms with Crippen LogP contribution in [-0.4, -0.2) is 35.8 Å². The van der Waals surface area contributed by atoms with Crippen LogP contribution < -0.4 is 16.2 Å². The number of sulfonamides is 1. The zero-order chi connectivity index (χ0) is 22.5. The third kappa shape index (κ3) is 5.23. The Morgan fingerprint density at radius 1 is 1.13 bits per heavy atom. The number of nitro groups is 1. The smallest absolute Gasteiger partial charge is 0.270 e. The molecule has 11 heteroatoms. The van der Waals surface area contributed by atoms with Crippen molar-refractivity contribution in [2.24, 2.45) is 0 Å². The molecule has 2 rings (SSSR count). The molecule has 0 spiro atoms. The van der Waals surface area contributed by atoms with Crippen LogP contribution in [0.25, 0.3) is 0 Å². The summed E-state index contributed by atoms with van der Waals surface area (Å²) in [7, 11) is -3.95. The molecular formula is C19H25N5O4S2. The predicted octanol–water partition coefficient (Wildman–Crippen LogP) is 3.56. The van der Waals surface area contributed by atoms with Crippen LogP contribution in [0.15, 0.2) is 41.3 Å². The summed E-state index contributed by atoms with van der Waals surface area (Å²) >= 11 is 5.30. The van der Waals surface area contributed by atoms with Gasteiger partial charge in [0.05, 0.1) is 10.6 Å². The molecule has 0 aromatic heterocycles. The van der Waals surface area contributed by atoms with Gasteiger partial charge < -0.3 is 5.32 Å². The first-order valence-electron chi connectivity index (χ1n) is 9.29. The number of non-ortho nitro benzene ring substituents is 1. The number of thiocarbonyl (C=S) groups is 1. The van der Waals surface area contributed by atoms with Crippen molar-refractivity contribution in [3.05, 3.63) is 57.6 Å². The lowest BCUT2D eigenvalue weighted by molar-refractivity contribution is -0.385. The van der Waals surface area contributed by atoms with E-state index in [1.165, 1.54) is 16.4 Å². The molecule has 0 saturated heterocycles. The Hall–Kier alpha value is -2.76. The number of nitro benzene ring substituents is 1. The average molecular weight is 452 g/mol. The van der Waals surface area contributed by atoms with Crippen LogP contribution in [0.5, 0.6) is 0 Å². The quantitative estimate of drug-likeness (QED) is 0.317. The molecule has 0 fully saturated rings. The fourth-order valence-corrected chi connectivity index (χ4v) is 4.70. The first kappa shape index (κ1) is 23.5. The molecule has 0 aliphatic rings. The van der Waals surface area contributed by atoms with E-state index in [-0.39, 0.29) is 34.5 Å². The summed E-state index contributed by atoms with van der Waals surface area (Å²) in [5.41, 5.74) is 8.20. The van der Waals surface area contributed by atoms with Crippen molar-refractivity contribution in [2.45, 2.75) is 32.6 Å². The molecule has 0 heterocycles. The minimum absolute atomic E-state index is 0.151. The fraction of sp³-hybridized carbons (Fsp3) is 0.316. The minimum atomic E-state index is -3.95. The number of rotatable bonds is 8. The summed E-state index contributed by atoms with van der Waals surface area (Å²) in [5.74, 6) is 0. The van der Waals surface area contributed by atoms with Crippen LogP contribution in [0.3, 0.4) is 0 Å². The van der Waals surface area contributed by atoms with E-state index in [1.807, 2.05) is 32.0 Å². The number of hydrogen-bond donors (Lipinski definition) is 3. The van der Waals surface area contributed by atoms with Gasteiger partial charge in [-0.25, -0.2) is 8.42 Å². The molecule has 9 nitrogen and oxygen atoms in total. The highest BCUT2D eigenvalue weighted by atomic mass is 32.2. The average Bonchev–Trinajstić information content (AvgIpc) is 2.69. The number of para-hydroxylation sites is 1. The van der Waals surface area contributed by atoms with Crippen molar-refractivity contribution in [3.63, 3.8) is 0 Å². The Morgan fingerprint density at radius 3 is 2.27 bits per heavy atom. The van der Waals surface area contributed by atoms with E-state index in [1.54, 1.807) is 13.8 Å². The van der Waals surface area contributed by atoms with E-state index in [2.05, 4.69) is 16.2 Å². The van der Waals surface area contributed by atoms with Crippen molar-refractivity contribution in [1.82, 2.24) is 9.73 Å². The molecular weight excluding hydrogens is 426 g/mol. The SMILES string of the molecule is CCN(CC)S(=O)(=O)c1cc([N+](=O)[O-])ccc1NNC(=S)Nc1c(C)cccc1C. The van der Waals surface area contributed by atoms with Crippen LogP contribution in [0.2, 0.25) is 0 Å². The Kier molecular flexibility index (Phi) is 7.71. The van der Waals surface area contributed by atoms with Crippen molar-refractivity contribution in [2.75, 3.05) is 23.8 Å². The Bertz CT molecular complexity index is 1030. The van der Waals surface area contributed by atoms with E-state index in [0.29, 0.717) is 0 Å². The first-order valence-corrected chi connectivity index (χ1v) is 11.1. The summed E-state index contributed by atoms with van der Waals surface area (Å²) in [6.07, 6.45) is 0. The molecule has 162 valence electrons. The lowest BCUT2D eigenvalue weighted by Gasteiger charge is -2.21. The molecule has 2 aromatic carbocycles. The van der Waals surface area contributed by atoms with Gasteiger partial charge >= 0.3 is 0 Å². The van der Waals surface area contributed by atoms with Gasteiger partial charge in [-0.2, -0.15) is 4.31 Å². The highest BCUT2D eigenvalue weighted by molar-refractivity contribution is 7.89. The highest BCUT2D eigenvalue weighted by Crippen LogP contribution is 2.28. The fourth-order valence-electron chi connectivity index (χ4n) is 2.92. The van der Waals surface area contributed by atoms with Crippen molar-refractivity contribution in [1.29, 1.82) is 0 Å². The van der Waals surface area contributed by atoms with Crippen molar-refractivity contribution < 1.29 is 13.3 Å². The topological polar surface area (TPSA) is 117 Å². The summed E-state index contributed by atoms with van der Waals surface area (Å²) in [4.78, 5) is 10.3. The molecule has 3 N–H and O–H groups in total. The molecule has 0 aliphatic heterocycles. The van der Waals surface area contributed by atoms with E-state index in [0.717, 1.165) is 22.9 Å². The minimum Gasteiger partial charge on any atom is -0.331 e. The number of anilines is 2. The number of hydrogen-bond acceptors (Lipinski definition) is 6. The highest BCUT2D eigenvalue weighted by Gasteiger charge is 2.27. The number of hydrazine groups is 1. The van der Waals surface area contributed by atoms with Gasteiger partial charge in [0.1, 0.15) is 4.90 Å². The number of nitrogens with one attached hydrogen (secondary N) is 3. The Morgan fingerprint density at radius 2 is 1.73 bits per heavy atom. The van der Waals surface area contributed by atoms with Crippen molar-refractivity contribution >= 4 is 44.4 Å². The van der Waals surface area contributed by atoms with Gasteiger partial charge in [-0.15, -0.1) is 0 Å². The summed E-state index contributed by atoms with van der Waals surface area (Å²) in [6, 6.07) is 9.43. The van der Waals surface area contributed by atoms with Crippen LogP contribution >= 0.6 is 12.2 Å². The predicted molar refractivity (Wildman–Crippen MR) is 122 cm³/mol. The molecule has 0 bridgehead atoms. The van der Waals surface area contributed by atoms with Gasteiger partial charge in [0.25, 0.3) is 5.69 Å². The maximum absolute atomic E-state index is 13.0. The maximum Gasteiger partial charge on any atom is 0.270 e. The van der Waals surface area contributed by atoms with Gasteiger partial charge in [0, 0.05) is 30.9 Å². The molecule has 30 heavy (non-hydrogen) atoms. The van der Waals surface area contributed by atoms with Gasteiger partial charge in [-0.1, -0.05) is 32.0 Å². The van der Waals surface area contributed by atoms with Gasteiger partial charge in [-0.05, 0) is 43.3 Å². The summed E-state index contributed by atoms with van der Waals surface area (Å²) in [6.45, 7) is 7.76. The van der Waals surface area contributed by atoms with Gasteiger partial charge in [0.2, 0.25) is 10.0 Å². The maximum atomic E-state index is 13.0. The van der Waals surface area contributed by atoms with E-state index >= 15 is 0 Å². The summed E-state index contributed by atoms with van der Waals surface area (Å²) in [5, 5.41) is 14.5. The lowest BCUT2D eigenvalue weighted by atomic mass is 10.1. The molecule has 0 atom stereocenters. The molecule has 0 radical (unpaired) electrons. The standard InChI is InChI=1S/C19H25N5O4S2/c1-5-23(6-2)30(27,28)17-12-15(24(25)26)10-11-16(17)21-22-19(29)20-18-13(3)8-7-9-14(18)4/h7-12,21H,5-6H2,1-4H3,(H2,20,22,29). The third-order valence-electron chi connectivity index (χ3n) is 4.53. The largest absolute Gasteiger partial charge is 0.331 e. The van der Waals surface area contributed by atoms with Crippen LogP contribution in [0, 0.1) is 24.0 Å². The second-order valence-electron chi connectivity index (χ2n) is 6.50. The third-order valence-corrected chi connectivity index (χ3v) is 6.82. The van der Waals surface area contributed by atoms with Crippen LogP contribution in [0.4, 0.5) is 17.1 Å². The Balaban J connectivity index is 2.31. The monoisotopic (exact) mass is 451 g/mol. The lowest BCUT2D eigenvalue weighted by Crippen LogP contribution is -2.36. The van der Waals surface area contributed by atoms with Gasteiger partial charge in [-0.3, -0.25) is 21.0 Å². The van der Waals surface area contributed by atoms with Gasteiger partial charge in [0.15, 0.2) is 5.11 Å². The van der Waals surface area contributed by atoms with E-state index < -0.39 is 14.9 Å². The van der Waals surface area contributed by atoms with E-state index in [4.69, 9.17) is 12.2 Å². The second-order valence-corrected chi connectivity index (χ2v) is 8.81. The number of benzene rings is 2. The molecule has 0 amide bonds. The normalized spacial score (nSPS) is 11.2. The zero-order valence-electron chi connectivity index (χ0n) is 17.2.